The minimum absolute atomic E-state index is 0.335. The molecule has 0 fully saturated rings. The molecule has 0 unspecified atom stereocenters. The lowest BCUT2D eigenvalue weighted by molar-refractivity contribution is 0.406. The Hall–Kier alpha value is -1.53. The van der Waals surface area contributed by atoms with Crippen molar-refractivity contribution in [3.8, 4) is 5.75 Å². The van der Waals surface area contributed by atoms with Gasteiger partial charge in [-0.2, -0.15) is 5.10 Å². The molecule has 3 N–H and O–H groups in total. The third-order valence-electron chi connectivity index (χ3n) is 2.09. The van der Waals surface area contributed by atoms with E-state index in [1.54, 1.807) is 18.3 Å². The van der Waals surface area contributed by atoms with Gasteiger partial charge in [0.25, 0.3) is 0 Å². The molecule has 0 atom stereocenters. The summed E-state index contributed by atoms with van der Waals surface area (Å²) < 4.78 is 5.10. The summed E-state index contributed by atoms with van der Waals surface area (Å²) in [6, 6.07) is 3.31. The van der Waals surface area contributed by atoms with Crippen molar-refractivity contribution in [1.82, 2.24) is 10.2 Å². The number of aromatic amines is 1. The zero-order valence-electron chi connectivity index (χ0n) is 7.56. The normalized spacial score (nSPS) is 10.5. The van der Waals surface area contributed by atoms with Crippen LogP contribution >= 0.6 is 0 Å². The van der Waals surface area contributed by atoms with Crippen LogP contribution in [0.5, 0.6) is 5.75 Å². The van der Waals surface area contributed by atoms with Crippen LogP contribution in [0.3, 0.4) is 0 Å². The number of ether oxygens (including phenoxy) is 1. The monoisotopic (exact) mass is 192 g/mol. The van der Waals surface area contributed by atoms with Gasteiger partial charge in [-0.25, -0.2) is 0 Å². The number of H-pyrrole nitrogens is 1. The predicted octanol–water partition coefficient (Wildman–Crippen LogP) is -0.749. The van der Waals surface area contributed by atoms with E-state index < -0.39 is 7.12 Å². The maximum absolute atomic E-state index is 9.08. The van der Waals surface area contributed by atoms with E-state index in [4.69, 9.17) is 14.8 Å². The van der Waals surface area contributed by atoms with Crippen LogP contribution in [-0.4, -0.2) is 34.5 Å². The molecule has 72 valence electrons. The van der Waals surface area contributed by atoms with Gasteiger partial charge in [-0.05, 0) is 6.07 Å². The zero-order chi connectivity index (χ0) is 10.1. The van der Waals surface area contributed by atoms with Crippen molar-refractivity contribution in [3.05, 3.63) is 18.3 Å². The summed E-state index contributed by atoms with van der Waals surface area (Å²) >= 11 is 0. The molecule has 0 aliphatic rings. The minimum atomic E-state index is -1.54. The summed E-state index contributed by atoms with van der Waals surface area (Å²) in [6.45, 7) is 0. The van der Waals surface area contributed by atoms with Crippen molar-refractivity contribution in [2.24, 2.45) is 0 Å². The van der Waals surface area contributed by atoms with Crippen LogP contribution in [0.1, 0.15) is 0 Å². The molecule has 2 aromatic rings. The highest BCUT2D eigenvalue weighted by Gasteiger charge is 2.19. The van der Waals surface area contributed by atoms with E-state index in [0.717, 1.165) is 10.9 Å². The van der Waals surface area contributed by atoms with Gasteiger partial charge in [-0.15, -0.1) is 0 Å². The van der Waals surface area contributed by atoms with Crippen LogP contribution < -0.4 is 10.2 Å². The van der Waals surface area contributed by atoms with Crippen LogP contribution in [-0.2, 0) is 0 Å². The van der Waals surface area contributed by atoms with Crippen molar-refractivity contribution >= 4 is 23.5 Å². The summed E-state index contributed by atoms with van der Waals surface area (Å²) in [5.74, 6) is 0.436. The highest BCUT2D eigenvalue weighted by Crippen LogP contribution is 2.21. The number of methoxy groups -OCH3 is 1. The van der Waals surface area contributed by atoms with E-state index in [9.17, 15) is 0 Å². The Morgan fingerprint density at radius 3 is 2.86 bits per heavy atom. The standard InChI is InChI=1S/C8H9BN2O3/c1-14-8-5-4-10-11-7(5)3-2-6(8)9(12)13/h2-4,12-13H,1H3,(H,10,11). The smallest absolute Gasteiger partial charge is 0.492 e. The largest absolute Gasteiger partial charge is 0.496 e. The molecule has 0 saturated carbocycles. The number of nitrogens with one attached hydrogen (secondary N) is 1. The van der Waals surface area contributed by atoms with Crippen LogP contribution in [0.2, 0.25) is 0 Å². The average Bonchev–Trinajstić information content (AvgIpc) is 2.63. The average molecular weight is 192 g/mol. The molecule has 0 spiro atoms. The van der Waals surface area contributed by atoms with Gasteiger partial charge in [0.05, 0.1) is 24.2 Å². The molecule has 1 heterocycles. The van der Waals surface area contributed by atoms with Crippen molar-refractivity contribution in [2.75, 3.05) is 7.11 Å². The fourth-order valence-electron chi connectivity index (χ4n) is 1.44. The molecule has 2 rings (SSSR count). The van der Waals surface area contributed by atoms with Gasteiger partial charge in [0.15, 0.2) is 0 Å². The van der Waals surface area contributed by atoms with E-state index in [0.29, 0.717) is 11.2 Å². The highest BCUT2D eigenvalue weighted by molar-refractivity contribution is 6.60. The first-order valence-corrected chi connectivity index (χ1v) is 4.10. The van der Waals surface area contributed by atoms with E-state index in [2.05, 4.69) is 10.2 Å². The van der Waals surface area contributed by atoms with Crippen LogP contribution in [0.4, 0.5) is 0 Å². The first-order chi connectivity index (χ1) is 6.74. The van der Waals surface area contributed by atoms with Crippen molar-refractivity contribution in [3.63, 3.8) is 0 Å². The van der Waals surface area contributed by atoms with Gasteiger partial charge in [0, 0.05) is 5.46 Å². The van der Waals surface area contributed by atoms with Gasteiger partial charge in [-0.3, -0.25) is 5.10 Å². The fourth-order valence-corrected chi connectivity index (χ4v) is 1.44. The second-order valence-corrected chi connectivity index (χ2v) is 2.89. The lowest BCUT2D eigenvalue weighted by Gasteiger charge is -2.07. The van der Waals surface area contributed by atoms with Crippen LogP contribution in [0.15, 0.2) is 18.3 Å². The summed E-state index contributed by atoms with van der Waals surface area (Å²) in [5.41, 5.74) is 1.13. The third kappa shape index (κ3) is 1.25. The Labute approximate surface area is 80.5 Å². The van der Waals surface area contributed by atoms with E-state index in [1.807, 2.05) is 0 Å². The summed E-state index contributed by atoms with van der Waals surface area (Å²) in [4.78, 5) is 0. The lowest BCUT2D eigenvalue weighted by atomic mass is 9.79. The van der Waals surface area contributed by atoms with Gasteiger partial charge >= 0.3 is 7.12 Å². The Bertz CT molecular complexity index is 455. The predicted molar refractivity (Wildman–Crippen MR) is 52.5 cm³/mol. The van der Waals surface area contributed by atoms with Gasteiger partial charge < -0.3 is 14.8 Å². The number of hydrogen-bond acceptors (Lipinski definition) is 4. The van der Waals surface area contributed by atoms with Gasteiger partial charge in [0.1, 0.15) is 5.75 Å². The fraction of sp³-hybridized carbons (Fsp3) is 0.125. The molecular weight excluding hydrogens is 183 g/mol. The maximum atomic E-state index is 9.08. The quantitative estimate of drug-likeness (QED) is 0.547. The Morgan fingerprint density at radius 2 is 2.21 bits per heavy atom. The second kappa shape index (κ2) is 3.32. The Kier molecular flexibility index (Phi) is 2.15. The molecule has 0 saturated heterocycles. The second-order valence-electron chi connectivity index (χ2n) is 2.89. The van der Waals surface area contributed by atoms with Crippen LogP contribution in [0, 0.1) is 0 Å². The first-order valence-electron chi connectivity index (χ1n) is 4.10. The Morgan fingerprint density at radius 1 is 1.43 bits per heavy atom. The molecule has 14 heavy (non-hydrogen) atoms. The number of hydrogen-bond donors (Lipinski definition) is 3. The third-order valence-corrected chi connectivity index (χ3v) is 2.09. The molecule has 0 radical (unpaired) electrons. The molecule has 0 amide bonds. The number of nitrogens with zero attached hydrogens (tertiary/aromatic N) is 1. The summed E-state index contributed by atoms with van der Waals surface area (Å²) in [5, 5.41) is 25.5. The molecule has 0 aliphatic heterocycles. The number of aromatic nitrogens is 2. The number of benzene rings is 1. The van der Waals surface area contributed by atoms with E-state index in [1.165, 1.54) is 7.11 Å². The minimum Gasteiger partial charge on any atom is -0.496 e. The SMILES string of the molecule is COc1c(B(O)O)ccc2[nH]ncc12. The lowest BCUT2D eigenvalue weighted by Crippen LogP contribution is -2.31. The molecule has 1 aromatic carbocycles. The number of fused-ring (bicyclic) bond motifs is 1. The molecule has 0 aliphatic carbocycles. The topological polar surface area (TPSA) is 78.4 Å². The maximum Gasteiger partial charge on any atom is 0.492 e. The van der Waals surface area contributed by atoms with Gasteiger partial charge in [0.2, 0.25) is 0 Å². The van der Waals surface area contributed by atoms with E-state index in [-0.39, 0.29) is 0 Å². The van der Waals surface area contributed by atoms with Crippen molar-refractivity contribution < 1.29 is 14.8 Å². The van der Waals surface area contributed by atoms with Crippen molar-refractivity contribution in [2.45, 2.75) is 0 Å². The molecule has 0 bridgehead atoms. The molecule has 6 heteroatoms. The molecule has 1 aromatic heterocycles. The first kappa shape index (κ1) is 9.05. The van der Waals surface area contributed by atoms with Crippen molar-refractivity contribution in [1.29, 1.82) is 0 Å². The summed E-state index contributed by atoms with van der Waals surface area (Å²) in [6.07, 6.45) is 1.58. The van der Waals surface area contributed by atoms with E-state index >= 15 is 0 Å². The number of rotatable bonds is 2. The Balaban J connectivity index is 2.72. The van der Waals surface area contributed by atoms with Crippen LogP contribution in [0.25, 0.3) is 10.9 Å². The molecule has 5 nitrogen and oxygen atoms in total. The summed E-state index contributed by atoms with van der Waals surface area (Å²) in [7, 11) is -0.0579. The van der Waals surface area contributed by atoms with Gasteiger partial charge in [-0.1, -0.05) is 6.07 Å². The highest BCUT2D eigenvalue weighted by atomic mass is 16.5. The molecular formula is C8H9BN2O3. The zero-order valence-corrected chi connectivity index (χ0v) is 7.56.